The van der Waals surface area contributed by atoms with E-state index in [0.717, 1.165) is 25.7 Å². The molecule has 0 unspecified atom stereocenters. The van der Waals surface area contributed by atoms with Crippen LogP contribution in [0.2, 0.25) is 0 Å². The van der Waals surface area contributed by atoms with Crippen LogP contribution in [0.15, 0.2) is 29.2 Å². The van der Waals surface area contributed by atoms with Crippen LogP contribution < -0.4 is 10.5 Å². The summed E-state index contributed by atoms with van der Waals surface area (Å²) in [6, 6.07) is 4.87. The van der Waals surface area contributed by atoms with Crippen LogP contribution in [0.5, 0.6) is 0 Å². The number of hydrogen-bond donors (Lipinski definition) is 2. The second-order valence-corrected chi connectivity index (χ2v) is 14.2. The van der Waals surface area contributed by atoms with Crippen molar-refractivity contribution in [3.8, 4) is 0 Å². The summed E-state index contributed by atoms with van der Waals surface area (Å²) in [4.78, 5) is 55.2. The SMILES string of the molecule is C[C@H](CC(=O)CN1CCOCC1)C(=O)N[C@@H](Cc1ccc(S(N)(=O)=O)cc1)C(=O)C[C@@H](CC1CCCC1)C(=O)[C@@]1(C)CO1. The second kappa shape index (κ2) is 14.5. The monoisotopic (exact) mass is 619 g/mol. The predicted octanol–water partition coefficient (Wildman–Crippen LogP) is 1.80. The minimum atomic E-state index is -3.89. The standard InChI is InChI=1S/C31H45N3O8S/c1-21(15-25(35)19-34-11-13-41-14-12-34)30(38)33-27(17-23-7-9-26(10-8-23)43(32,39)40)28(36)18-24(16-22-5-3-4-6-22)29(37)31(2)20-42-31/h7-10,21-22,24,27H,3-6,11-20H2,1-2H3,(H,33,38)(H2,32,39,40)/t21-,24-,27+,31-/m1/s1. The first-order valence-electron chi connectivity index (χ1n) is 15.3. The summed E-state index contributed by atoms with van der Waals surface area (Å²) in [5.41, 5.74) is -0.237. The van der Waals surface area contributed by atoms with Gasteiger partial charge in [0.2, 0.25) is 15.9 Å². The van der Waals surface area contributed by atoms with Crippen molar-refractivity contribution in [2.45, 2.75) is 81.8 Å². The summed E-state index contributed by atoms with van der Waals surface area (Å²) in [5.74, 6) is -1.64. The van der Waals surface area contributed by atoms with Crippen LogP contribution >= 0.6 is 0 Å². The summed E-state index contributed by atoms with van der Waals surface area (Å²) in [6.45, 7) is 6.47. The molecule has 1 amide bonds. The summed E-state index contributed by atoms with van der Waals surface area (Å²) in [5, 5.41) is 8.08. The summed E-state index contributed by atoms with van der Waals surface area (Å²) < 4.78 is 34.2. The highest BCUT2D eigenvalue weighted by Crippen LogP contribution is 2.37. The van der Waals surface area contributed by atoms with Gasteiger partial charge >= 0.3 is 0 Å². The lowest BCUT2D eigenvalue weighted by Gasteiger charge is -2.26. The van der Waals surface area contributed by atoms with E-state index < -0.39 is 39.4 Å². The first-order chi connectivity index (χ1) is 20.3. The van der Waals surface area contributed by atoms with Crippen LogP contribution in [-0.2, 0) is 45.1 Å². The third-order valence-electron chi connectivity index (χ3n) is 8.89. The van der Waals surface area contributed by atoms with Gasteiger partial charge in [-0.3, -0.25) is 24.1 Å². The van der Waals surface area contributed by atoms with E-state index in [-0.39, 0.29) is 48.1 Å². The number of ketones is 3. The van der Waals surface area contributed by atoms with E-state index in [1.807, 2.05) is 4.90 Å². The first-order valence-corrected chi connectivity index (χ1v) is 16.8. The van der Waals surface area contributed by atoms with Gasteiger partial charge in [-0.2, -0.15) is 0 Å². The van der Waals surface area contributed by atoms with E-state index in [1.165, 1.54) is 12.1 Å². The Kier molecular flexibility index (Phi) is 11.3. The molecule has 2 heterocycles. The van der Waals surface area contributed by atoms with E-state index in [1.54, 1.807) is 26.0 Å². The van der Waals surface area contributed by atoms with Crippen molar-refractivity contribution in [3.05, 3.63) is 29.8 Å². The van der Waals surface area contributed by atoms with E-state index >= 15 is 0 Å². The number of ether oxygens (including phenoxy) is 2. The normalized spacial score (nSPS) is 23.3. The number of nitrogens with zero attached hydrogens (tertiary/aromatic N) is 1. The molecular formula is C31H45N3O8S. The van der Waals surface area contributed by atoms with E-state index in [2.05, 4.69) is 5.32 Å². The number of nitrogens with one attached hydrogen (secondary N) is 1. The zero-order valence-corrected chi connectivity index (χ0v) is 26.0. The van der Waals surface area contributed by atoms with Crippen LogP contribution in [0.25, 0.3) is 0 Å². The molecule has 4 atom stereocenters. The average Bonchev–Trinajstić information content (AvgIpc) is 3.50. The van der Waals surface area contributed by atoms with Gasteiger partial charge in [-0.1, -0.05) is 44.7 Å². The van der Waals surface area contributed by atoms with E-state index in [0.29, 0.717) is 50.8 Å². The topological polar surface area (TPSA) is 165 Å². The third kappa shape index (κ3) is 9.74. The maximum atomic E-state index is 13.8. The Hall–Kier alpha value is -2.51. The number of carbonyl (C=O) groups is 4. The van der Waals surface area contributed by atoms with Gasteiger partial charge in [0.15, 0.2) is 11.6 Å². The maximum Gasteiger partial charge on any atom is 0.238 e. The highest BCUT2D eigenvalue weighted by atomic mass is 32.2. The van der Waals surface area contributed by atoms with Crippen molar-refractivity contribution in [2.75, 3.05) is 39.5 Å². The van der Waals surface area contributed by atoms with Crippen molar-refractivity contribution in [1.82, 2.24) is 10.2 Å². The number of Topliss-reactive ketones (excluding diaryl/α,β-unsaturated/α-hetero) is 3. The van der Waals surface area contributed by atoms with Gasteiger partial charge in [0, 0.05) is 37.8 Å². The molecule has 3 fully saturated rings. The molecule has 12 heteroatoms. The van der Waals surface area contributed by atoms with Crippen molar-refractivity contribution in [3.63, 3.8) is 0 Å². The molecule has 1 aromatic rings. The largest absolute Gasteiger partial charge is 0.379 e. The molecule has 2 aliphatic heterocycles. The molecule has 3 N–H and O–H groups in total. The zero-order valence-electron chi connectivity index (χ0n) is 25.2. The molecule has 1 aliphatic carbocycles. The fourth-order valence-corrected chi connectivity index (χ4v) is 6.63. The van der Waals surface area contributed by atoms with Gasteiger partial charge in [0.05, 0.1) is 37.3 Å². The van der Waals surface area contributed by atoms with Crippen molar-refractivity contribution >= 4 is 33.3 Å². The molecule has 43 heavy (non-hydrogen) atoms. The predicted molar refractivity (Wildman–Crippen MR) is 159 cm³/mol. The van der Waals surface area contributed by atoms with Gasteiger partial charge in [-0.15, -0.1) is 0 Å². The Morgan fingerprint density at radius 3 is 2.28 bits per heavy atom. The van der Waals surface area contributed by atoms with Crippen LogP contribution in [0.4, 0.5) is 0 Å². The van der Waals surface area contributed by atoms with Gasteiger partial charge < -0.3 is 14.8 Å². The lowest BCUT2D eigenvalue weighted by molar-refractivity contribution is -0.134. The number of amides is 1. The minimum Gasteiger partial charge on any atom is -0.379 e. The molecule has 3 aliphatic rings. The van der Waals surface area contributed by atoms with Crippen molar-refractivity contribution < 1.29 is 37.1 Å². The molecule has 11 nitrogen and oxygen atoms in total. The zero-order chi connectivity index (χ0) is 31.2. The number of epoxide rings is 1. The Bertz CT molecular complexity index is 1270. The fourth-order valence-electron chi connectivity index (χ4n) is 6.12. The van der Waals surface area contributed by atoms with E-state index in [9.17, 15) is 27.6 Å². The lowest BCUT2D eigenvalue weighted by Crippen LogP contribution is -2.46. The number of morpholine rings is 1. The Morgan fingerprint density at radius 1 is 1.07 bits per heavy atom. The molecule has 0 aromatic heterocycles. The van der Waals surface area contributed by atoms with Gasteiger partial charge in [-0.25, -0.2) is 13.6 Å². The Balaban J connectivity index is 1.46. The Morgan fingerprint density at radius 2 is 1.70 bits per heavy atom. The van der Waals surface area contributed by atoms with Crippen molar-refractivity contribution in [2.24, 2.45) is 22.9 Å². The van der Waals surface area contributed by atoms with Gasteiger partial charge in [-0.05, 0) is 43.4 Å². The summed E-state index contributed by atoms with van der Waals surface area (Å²) >= 11 is 0. The minimum absolute atomic E-state index is 0.0289. The highest BCUT2D eigenvalue weighted by Gasteiger charge is 2.50. The fraction of sp³-hybridized carbons (Fsp3) is 0.677. The number of rotatable bonds is 16. The van der Waals surface area contributed by atoms with Crippen LogP contribution in [0, 0.1) is 17.8 Å². The number of primary sulfonamides is 1. The molecule has 0 spiro atoms. The van der Waals surface area contributed by atoms with Gasteiger partial charge in [0.1, 0.15) is 11.4 Å². The van der Waals surface area contributed by atoms with Crippen LogP contribution in [0.3, 0.4) is 0 Å². The maximum absolute atomic E-state index is 13.8. The summed E-state index contributed by atoms with van der Waals surface area (Å²) in [7, 11) is -3.89. The molecule has 1 saturated carbocycles. The van der Waals surface area contributed by atoms with Crippen LogP contribution in [-0.4, -0.2) is 87.7 Å². The number of carbonyl (C=O) groups excluding carboxylic acids is 4. The molecule has 2 saturated heterocycles. The van der Waals surface area contributed by atoms with Crippen LogP contribution in [0.1, 0.15) is 64.4 Å². The third-order valence-corrected chi connectivity index (χ3v) is 9.82. The molecule has 0 bridgehead atoms. The first kappa shape index (κ1) is 33.4. The number of sulfonamides is 1. The molecule has 0 radical (unpaired) electrons. The highest BCUT2D eigenvalue weighted by molar-refractivity contribution is 7.89. The average molecular weight is 620 g/mol. The number of hydrogen-bond acceptors (Lipinski definition) is 9. The Labute approximate surface area is 254 Å². The molecule has 238 valence electrons. The van der Waals surface area contributed by atoms with E-state index in [4.69, 9.17) is 14.6 Å². The van der Waals surface area contributed by atoms with Crippen molar-refractivity contribution in [1.29, 1.82) is 0 Å². The summed E-state index contributed by atoms with van der Waals surface area (Å²) in [6.07, 6.45) is 5.00. The number of benzene rings is 1. The quantitative estimate of drug-likeness (QED) is 0.263. The molecule has 4 rings (SSSR count). The molecular weight excluding hydrogens is 574 g/mol. The smallest absolute Gasteiger partial charge is 0.238 e. The lowest BCUT2D eigenvalue weighted by atomic mass is 9.81. The molecule has 1 aromatic carbocycles. The second-order valence-electron chi connectivity index (χ2n) is 12.6. The number of nitrogens with two attached hydrogens (primary N) is 1. The van der Waals surface area contributed by atoms with Gasteiger partial charge in [0.25, 0.3) is 0 Å².